The Morgan fingerprint density at radius 2 is 1.96 bits per heavy atom. The number of nitrogen functional groups attached to an aromatic ring is 1. The average molecular weight is 391 g/mol. The highest BCUT2D eigenvalue weighted by molar-refractivity contribution is 7.13. The monoisotopic (exact) mass is 390 g/mol. The van der Waals surface area contributed by atoms with Gasteiger partial charge in [-0.1, -0.05) is 30.3 Å². The van der Waals surface area contributed by atoms with Crippen molar-refractivity contribution in [3.05, 3.63) is 47.0 Å². The van der Waals surface area contributed by atoms with E-state index in [9.17, 15) is 4.79 Å². The third kappa shape index (κ3) is 7.05. The Morgan fingerprint density at radius 1 is 1.29 bits per heavy atom. The van der Waals surface area contributed by atoms with E-state index in [1.165, 1.54) is 11.3 Å². The van der Waals surface area contributed by atoms with Crippen LogP contribution in [0.3, 0.4) is 0 Å². The van der Waals surface area contributed by atoms with Gasteiger partial charge < -0.3 is 16.8 Å². The van der Waals surface area contributed by atoms with Crippen LogP contribution in [0.25, 0.3) is 0 Å². The number of amides is 1. The molecule has 0 unspecified atom stereocenters. The molecule has 24 heavy (non-hydrogen) atoms. The summed E-state index contributed by atoms with van der Waals surface area (Å²) >= 11 is 1.43. The topological polar surface area (TPSA) is 94.0 Å². The van der Waals surface area contributed by atoms with Crippen molar-refractivity contribution in [1.82, 2.24) is 10.3 Å². The van der Waals surface area contributed by atoms with Crippen LogP contribution in [0.5, 0.6) is 0 Å². The van der Waals surface area contributed by atoms with E-state index in [2.05, 4.69) is 10.3 Å². The van der Waals surface area contributed by atoms with Gasteiger partial charge in [0.2, 0.25) is 5.91 Å². The molecule has 0 aliphatic rings. The molecular formula is C16H24Cl2N4OS. The van der Waals surface area contributed by atoms with Gasteiger partial charge in [-0.25, -0.2) is 4.98 Å². The number of hydrogen-bond donors (Lipinski definition) is 3. The maximum absolute atomic E-state index is 12.2. The molecule has 0 saturated heterocycles. The predicted octanol–water partition coefficient (Wildman–Crippen LogP) is 2.58. The average Bonchev–Trinajstić information content (AvgIpc) is 2.89. The van der Waals surface area contributed by atoms with Crippen LogP contribution in [0, 0.1) is 0 Å². The van der Waals surface area contributed by atoms with Crippen LogP contribution in [0.2, 0.25) is 0 Å². The zero-order valence-electron chi connectivity index (χ0n) is 13.5. The Labute approximate surface area is 159 Å². The maximum atomic E-state index is 12.2. The van der Waals surface area contributed by atoms with Crippen LogP contribution in [0.15, 0.2) is 35.7 Å². The molecule has 0 aliphatic heterocycles. The van der Waals surface area contributed by atoms with Gasteiger partial charge in [0.05, 0.1) is 11.2 Å². The first-order chi connectivity index (χ1) is 10.5. The minimum atomic E-state index is -0.910. The molecule has 5 nitrogen and oxygen atoms in total. The van der Waals surface area contributed by atoms with Crippen molar-refractivity contribution in [2.75, 3.05) is 12.3 Å². The first kappa shape index (κ1) is 22.7. The number of nitrogens with two attached hydrogens (primary N) is 2. The molecule has 1 aromatic carbocycles. The zero-order valence-corrected chi connectivity index (χ0v) is 16.0. The third-order valence-electron chi connectivity index (χ3n) is 3.40. The van der Waals surface area contributed by atoms with Crippen molar-refractivity contribution >= 4 is 47.2 Å². The summed E-state index contributed by atoms with van der Waals surface area (Å²) in [6, 6.07) is 9.80. The molecule has 0 aliphatic carbocycles. The molecule has 0 spiro atoms. The molecule has 8 heteroatoms. The molecule has 1 atom stereocenters. The fraction of sp³-hybridized carbons (Fsp3) is 0.375. The van der Waals surface area contributed by atoms with Crippen LogP contribution < -0.4 is 16.8 Å². The van der Waals surface area contributed by atoms with Gasteiger partial charge in [-0.05, 0) is 31.7 Å². The molecule has 0 saturated carbocycles. The minimum absolute atomic E-state index is 0. The molecule has 2 aromatic rings. The second kappa shape index (κ2) is 10.5. The second-order valence-electron chi connectivity index (χ2n) is 5.62. The van der Waals surface area contributed by atoms with Gasteiger partial charge in [0.1, 0.15) is 0 Å². The van der Waals surface area contributed by atoms with E-state index < -0.39 is 5.54 Å². The number of anilines is 1. The van der Waals surface area contributed by atoms with Gasteiger partial charge >= 0.3 is 0 Å². The Kier molecular flexibility index (Phi) is 9.92. The van der Waals surface area contributed by atoms with Crippen LogP contribution in [0.1, 0.15) is 24.6 Å². The van der Waals surface area contributed by atoms with E-state index in [-0.39, 0.29) is 30.7 Å². The number of benzene rings is 1. The molecule has 5 N–H and O–H groups in total. The number of hydrogen-bond acceptors (Lipinski definition) is 5. The van der Waals surface area contributed by atoms with Crippen molar-refractivity contribution in [2.45, 2.75) is 31.7 Å². The summed E-state index contributed by atoms with van der Waals surface area (Å²) < 4.78 is 0. The molecule has 2 rings (SSSR count). The van der Waals surface area contributed by atoms with E-state index in [0.29, 0.717) is 18.1 Å². The van der Waals surface area contributed by atoms with Crippen LogP contribution in [0.4, 0.5) is 5.13 Å². The quantitative estimate of drug-likeness (QED) is 0.633. The van der Waals surface area contributed by atoms with E-state index >= 15 is 0 Å². The fourth-order valence-electron chi connectivity index (χ4n) is 2.21. The normalized spacial score (nSPS) is 12.4. The molecule has 134 valence electrons. The van der Waals surface area contributed by atoms with Gasteiger partial charge in [0.25, 0.3) is 0 Å². The maximum Gasteiger partial charge on any atom is 0.240 e. The van der Waals surface area contributed by atoms with E-state index in [1.807, 2.05) is 35.7 Å². The van der Waals surface area contributed by atoms with Crippen LogP contribution in [-0.2, 0) is 17.6 Å². The number of halogens is 2. The number of aryl methyl sites for hydroxylation is 1. The molecule has 1 aromatic heterocycles. The van der Waals surface area contributed by atoms with Gasteiger partial charge in [-0.15, -0.1) is 36.2 Å². The summed E-state index contributed by atoms with van der Waals surface area (Å²) in [5.41, 5.74) is 12.8. The van der Waals surface area contributed by atoms with Crippen molar-refractivity contribution in [3.63, 3.8) is 0 Å². The summed E-state index contributed by atoms with van der Waals surface area (Å²) in [4.78, 5) is 16.4. The fourth-order valence-corrected chi connectivity index (χ4v) is 2.81. The number of nitrogens with one attached hydrogen (secondary N) is 1. The lowest BCUT2D eigenvalue weighted by molar-refractivity contribution is -0.125. The number of carbonyl (C=O) groups excluding carboxylic acids is 1. The standard InChI is InChI=1S/C16H22N4OS.2ClH/c1-16(18,10-12-6-3-2-4-7-12)14(21)19-9-5-8-13-11-22-15(17)20-13;;/h2-4,6-7,11H,5,8-10,18H2,1H3,(H2,17,20)(H,19,21);2*1H/t16-;;/m0../s1. The van der Waals surface area contributed by atoms with Crippen LogP contribution in [-0.4, -0.2) is 23.0 Å². The molecule has 0 bridgehead atoms. The lowest BCUT2D eigenvalue weighted by Crippen LogP contribution is -2.53. The minimum Gasteiger partial charge on any atom is -0.375 e. The number of rotatable bonds is 7. The Bertz CT molecular complexity index is 620. The van der Waals surface area contributed by atoms with E-state index in [0.717, 1.165) is 24.1 Å². The predicted molar refractivity (Wildman–Crippen MR) is 105 cm³/mol. The second-order valence-corrected chi connectivity index (χ2v) is 6.51. The van der Waals surface area contributed by atoms with Crippen molar-refractivity contribution in [1.29, 1.82) is 0 Å². The zero-order chi connectivity index (χ0) is 16.0. The van der Waals surface area contributed by atoms with E-state index in [4.69, 9.17) is 11.5 Å². The lowest BCUT2D eigenvalue weighted by atomic mass is 9.93. The van der Waals surface area contributed by atoms with E-state index in [1.54, 1.807) is 6.92 Å². The molecule has 0 fully saturated rings. The number of aromatic nitrogens is 1. The van der Waals surface area contributed by atoms with Crippen molar-refractivity contribution in [3.8, 4) is 0 Å². The van der Waals surface area contributed by atoms with Gasteiger partial charge in [-0.3, -0.25) is 4.79 Å². The first-order valence-electron chi connectivity index (χ1n) is 7.28. The smallest absolute Gasteiger partial charge is 0.240 e. The highest BCUT2D eigenvalue weighted by atomic mass is 35.5. The highest BCUT2D eigenvalue weighted by Gasteiger charge is 2.28. The van der Waals surface area contributed by atoms with Gasteiger partial charge in [0.15, 0.2) is 5.13 Å². The summed E-state index contributed by atoms with van der Waals surface area (Å²) in [5, 5.41) is 5.42. The Hall–Kier alpha value is -1.34. The summed E-state index contributed by atoms with van der Waals surface area (Å²) in [7, 11) is 0. The first-order valence-corrected chi connectivity index (χ1v) is 8.16. The number of thiazole rings is 1. The molecule has 1 heterocycles. The molecule has 0 radical (unpaired) electrons. The molecular weight excluding hydrogens is 367 g/mol. The lowest BCUT2D eigenvalue weighted by Gasteiger charge is -2.23. The largest absolute Gasteiger partial charge is 0.375 e. The molecule has 1 amide bonds. The highest BCUT2D eigenvalue weighted by Crippen LogP contribution is 2.13. The van der Waals surface area contributed by atoms with Gasteiger partial charge in [-0.2, -0.15) is 0 Å². The Morgan fingerprint density at radius 3 is 2.54 bits per heavy atom. The Balaban J connectivity index is 0.00000264. The summed E-state index contributed by atoms with van der Waals surface area (Å²) in [6.45, 7) is 2.34. The van der Waals surface area contributed by atoms with Crippen molar-refractivity contribution in [2.24, 2.45) is 5.73 Å². The third-order valence-corrected chi connectivity index (χ3v) is 4.12. The SMILES string of the molecule is C[C@](N)(Cc1ccccc1)C(=O)NCCCc1csc(N)n1.Cl.Cl. The number of carbonyl (C=O) groups is 1. The van der Waals surface area contributed by atoms with Crippen LogP contribution >= 0.6 is 36.2 Å². The van der Waals surface area contributed by atoms with Gasteiger partial charge in [0, 0.05) is 11.9 Å². The summed E-state index contributed by atoms with van der Waals surface area (Å²) in [5.74, 6) is -0.130. The summed E-state index contributed by atoms with van der Waals surface area (Å²) in [6.07, 6.45) is 2.13. The number of nitrogens with zero attached hydrogens (tertiary/aromatic N) is 1. The van der Waals surface area contributed by atoms with Crippen molar-refractivity contribution < 1.29 is 4.79 Å².